The van der Waals surface area contributed by atoms with Crippen molar-refractivity contribution in [2.24, 2.45) is 0 Å². The fraction of sp³-hybridized carbons (Fsp3) is 0.0909. The quantitative estimate of drug-likeness (QED) is 0.823. The molecule has 2 aromatic rings. The van der Waals surface area contributed by atoms with Crippen molar-refractivity contribution < 1.29 is 9.84 Å². The molecule has 76 valence electrons. The van der Waals surface area contributed by atoms with Gasteiger partial charge in [0.05, 0.1) is 12.8 Å². The van der Waals surface area contributed by atoms with Gasteiger partial charge in [-0.25, -0.2) is 4.98 Å². The van der Waals surface area contributed by atoms with Crippen LogP contribution in [0.1, 0.15) is 5.56 Å². The molecule has 0 aliphatic heterocycles. The maximum atomic E-state index is 8.86. The maximum absolute atomic E-state index is 8.86. The van der Waals surface area contributed by atoms with Gasteiger partial charge in [0, 0.05) is 12.4 Å². The van der Waals surface area contributed by atoms with E-state index in [1.54, 1.807) is 42.9 Å². The molecule has 0 amide bonds. The number of rotatable bonds is 3. The zero-order valence-electron chi connectivity index (χ0n) is 8.00. The van der Waals surface area contributed by atoms with Crippen LogP contribution >= 0.6 is 0 Å². The van der Waals surface area contributed by atoms with E-state index in [-0.39, 0.29) is 6.61 Å². The van der Waals surface area contributed by atoms with E-state index in [0.29, 0.717) is 11.6 Å². The first kappa shape index (κ1) is 9.61. The van der Waals surface area contributed by atoms with Crippen LogP contribution in [-0.4, -0.2) is 15.1 Å². The molecule has 0 atom stereocenters. The number of hydrogen-bond donors (Lipinski definition) is 1. The lowest BCUT2D eigenvalue weighted by molar-refractivity contribution is 0.281. The lowest BCUT2D eigenvalue weighted by Crippen LogP contribution is -1.88. The van der Waals surface area contributed by atoms with E-state index in [1.165, 1.54) is 0 Å². The molecule has 0 aliphatic rings. The highest BCUT2D eigenvalue weighted by molar-refractivity contribution is 5.29. The van der Waals surface area contributed by atoms with Crippen LogP contribution < -0.4 is 4.74 Å². The summed E-state index contributed by atoms with van der Waals surface area (Å²) in [6.07, 6.45) is 4.69. The molecule has 0 radical (unpaired) electrons. The van der Waals surface area contributed by atoms with Crippen LogP contribution in [0.15, 0.2) is 42.9 Å². The molecule has 1 aromatic carbocycles. The summed E-state index contributed by atoms with van der Waals surface area (Å²) in [5.41, 5.74) is 0.849. The third kappa shape index (κ3) is 2.51. The molecular formula is C11H10N2O2. The predicted molar refractivity (Wildman–Crippen MR) is 54.5 cm³/mol. The molecule has 0 aliphatic carbocycles. The van der Waals surface area contributed by atoms with Gasteiger partial charge in [-0.15, -0.1) is 0 Å². The van der Waals surface area contributed by atoms with Gasteiger partial charge in [0.2, 0.25) is 5.88 Å². The average molecular weight is 202 g/mol. The van der Waals surface area contributed by atoms with Crippen LogP contribution in [0.25, 0.3) is 0 Å². The summed E-state index contributed by atoms with van der Waals surface area (Å²) < 4.78 is 5.42. The molecule has 0 saturated carbocycles. The largest absolute Gasteiger partial charge is 0.438 e. The zero-order valence-corrected chi connectivity index (χ0v) is 8.00. The Morgan fingerprint density at radius 3 is 2.53 bits per heavy atom. The molecule has 15 heavy (non-hydrogen) atoms. The standard InChI is InChI=1S/C11H10N2O2/c14-8-9-1-3-10(4-2-9)15-11-7-12-5-6-13-11/h1-7,14H,8H2. The first-order chi connectivity index (χ1) is 7.38. The van der Waals surface area contributed by atoms with Gasteiger partial charge in [0.25, 0.3) is 0 Å². The lowest BCUT2D eigenvalue weighted by atomic mass is 10.2. The molecule has 1 N–H and O–H groups in total. The van der Waals surface area contributed by atoms with E-state index >= 15 is 0 Å². The Kier molecular flexibility index (Phi) is 2.90. The van der Waals surface area contributed by atoms with Crippen molar-refractivity contribution in [3.05, 3.63) is 48.4 Å². The van der Waals surface area contributed by atoms with Crippen LogP contribution in [0.2, 0.25) is 0 Å². The van der Waals surface area contributed by atoms with Crippen molar-refractivity contribution >= 4 is 0 Å². The van der Waals surface area contributed by atoms with Crippen LogP contribution in [0, 0.1) is 0 Å². The molecule has 2 rings (SSSR count). The summed E-state index contributed by atoms with van der Waals surface area (Å²) in [6, 6.07) is 7.15. The highest BCUT2D eigenvalue weighted by Gasteiger charge is 1.97. The first-order valence-corrected chi connectivity index (χ1v) is 4.52. The highest BCUT2D eigenvalue weighted by Crippen LogP contribution is 2.18. The SMILES string of the molecule is OCc1ccc(Oc2cnccn2)cc1. The second-order valence-electron chi connectivity index (χ2n) is 2.95. The Morgan fingerprint density at radius 1 is 1.13 bits per heavy atom. The number of hydrogen-bond acceptors (Lipinski definition) is 4. The van der Waals surface area contributed by atoms with Crippen LogP contribution in [0.4, 0.5) is 0 Å². The van der Waals surface area contributed by atoms with Crippen LogP contribution in [-0.2, 0) is 6.61 Å². The summed E-state index contributed by atoms with van der Waals surface area (Å²) in [7, 11) is 0. The number of ether oxygens (including phenoxy) is 1. The minimum Gasteiger partial charge on any atom is -0.438 e. The van der Waals surface area contributed by atoms with Gasteiger partial charge >= 0.3 is 0 Å². The van der Waals surface area contributed by atoms with Gasteiger partial charge in [-0.05, 0) is 17.7 Å². The second kappa shape index (κ2) is 4.52. The monoisotopic (exact) mass is 202 g/mol. The summed E-state index contributed by atoms with van der Waals surface area (Å²) in [4.78, 5) is 7.87. The Hall–Kier alpha value is -1.94. The van der Waals surface area contributed by atoms with E-state index in [0.717, 1.165) is 5.56 Å². The lowest BCUT2D eigenvalue weighted by Gasteiger charge is -2.03. The van der Waals surface area contributed by atoms with Crippen LogP contribution in [0.3, 0.4) is 0 Å². The molecular weight excluding hydrogens is 192 g/mol. The number of nitrogens with zero attached hydrogens (tertiary/aromatic N) is 2. The average Bonchev–Trinajstić information content (AvgIpc) is 2.31. The zero-order chi connectivity index (χ0) is 10.5. The fourth-order valence-corrected chi connectivity index (χ4v) is 1.12. The van der Waals surface area contributed by atoms with Gasteiger partial charge in [-0.1, -0.05) is 12.1 Å². The molecule has 4 nitrogen and oxygen atoms in total. The Balaban J connectivity index is 2.11. The van der Waals surface area contributed by atoms with Gasteiger partial charge in [-0.2, -0.15) is 0 Å². The molecule has 0 fully saturated rings. The maximum Gasteiger partial charge on any atom is 0.237 e. The topological polar surface area (TPSA) is 55.2 Å². The minimum atomic E-state index is 0.0332. The molecule has 1 heterocycles. The van der Waals surface area contributed by atoms with Gasteiger partial charge in [0.15, 0.2) is 0 Å². The van der Waals surface area contributed by atoms with Crippen molar-refractivity contribution in [3.8, 4) is 11.6 Å². The van der Waals surface area contributed by atoms with Gasteiger partial charge < -0.3 is 9.84 Å². The molecule has 0 saturated heterocycles. The Morgan fingerprint density at radius 2 is 1.93 bits per heavy atom. The van der Waals surface area contributed by atoms with E-state index in [4.69, 9.17) is 9.84 Å². The number of benzene rings is 1. The molecule has 0 bridgehead atoms. The van der Waals surface area contributed by atoms with Crippen molar-refractivity contribution in [1.82, 2.24) is 9.97 Å². The molecule has 1 aromatic heterocycles. The number of aliphatic hydroxyl groups is 1. The van der Waals surface area contributed by atoms with Crippen molar-refractivity contribution in [3.63, 3.8) is 0 Å². The van der Waals surface area contributed by atoms with E-state index < -0.39 is 0 Å². The summed E-state index contributed by atoms with van der Waals surface area (Å²) in [5.74, 6) is 1.13. The van der Waals surface area contributed by atoms with E-state index in [9.17, 15) is 0 Å². The fourth-order valence-electron chi connectivity index (χ4n) is 1.12. The first-order valence-electron chi connectivity index (χ1n) is 4.52. The third-order valence-corrected chi connectivity index (χ3v) is 1.87. The van der Waals surface area contributed by atoms with Crippen molar-refractivity contribution in [2.75, 3.05) is 0 Å². The van der Waals surface area contributed by atoms with Gasteiger partial charge in [0.1, 0.15) is 5.75 Å². The third-order valence-electron chi connectivity index (χ3n) is 1.87. The normalized spacial score (nSPS) is 9.93. The highest BCUT2D eigenvalue weighted by atomic mass is 16.5. The summed E-state index contributed by atoms with van der Waals surface area (Å²) in [6.45, 7) is 0.0332. The van der Waals surface area contributed by atoms with E-state index in [2.05, 4.69) is 9.97 Å². The molecule has 0 spiro atoms. The summed E-state index contributed by atoms with van der Waals surface area (Å²) in [5, 5.41) is 8.86. The predicted octanol–water partition coefficient (Wildman–Crippen LogP) is 1.76. The van der Waals surface area contributed by atoms with Crippen molar-refractivity contribution in [2.45, 2.75) is 6.61 Å². The van der Waals surface area contributed by atoms with Gasteiger partial charge in [-0.3, -0.25) is 4.98 Å². The Bertz CT molecular complexity index is 414. The number of aromatic nitrogens is 2. The van der Waals surface area contributed by atoms with Crippen LogP contribution in [0.5, 0.6) is 11.6 Å². The molecule has 4 heteroatoms. The number of aliphatic hydroxyl groups excluding tert-OH is 1. The van der Waals surface area contributed by atoms with E-state index in [1.807, 2.05) is 0 Å². The second-order valence-corrected chi connectivity index (χ2v) is 2.95. The molecule has 0 unspecified atom stereocenters. The Labute approximate surface area is 87.2 Å². The smallest absolute Gasteiger partial charge is 0.237 e. The minimum absolute atomic E-state index is 0.0332. The summed E-state index contributed by atoms with van der Waals surface area (Å²) >= 11 is 0. The van der Waals surface area contributed by atoms with Crippen molar-refractivity contribution in [1.29, 1.82) is 0 Å².